The molecule has 2 amide bonds. The number of anilines is 1. The van der Waals surface area contributed by atoms with Crippen molar-refractivity contribution in [2.45, 2.75) is 62.6 Å². The van der Waals surface area contributed by atoms with Crippen molar-refractivity contribution in [1.82, 2.24) is 10.2 Å². The van der Waals surface area contributed by atoms with Crippen molar-refractivity contribution in [3.8, 4) is 0 Å². The number of rotatable bonds is 9. The number of nitrogens with zero attached hydrogens (tertiary/aromatic N) is 1. The normalized spacial score (nSPS) is 21.2. The Hall–Kier alpha value is -3.40. The fourth-order valence-electron chi connectivity index (χ4n) is 5.46. The summed E-state index contributed by atoms with van der Waals surface area (Å²) in [6.07, 6.45) is 4.61. The van der Waals surface area contributed by atoms with Gasteiger partial charge >= 0.3 is 0 Å². The van der Waals surface area contributed by atoms with Gasteiger partial charge in [-0.1, -0.05) is 56.2 Å². The summed E-state index contributed by atoms with van der Waals surface area (Å²) in [6, 6.07) is 13.2. The molecular weight excluding hydrogens is 490 g/mol. The van der Waals surface area contributed by atoms with Crippen LogP contribution in [0.25, 0.3) is 0 Å². The highest BCUT2D eigenvalue weighted by molar-refractivity contribution is 7.91. The van der Waals surface area contributed by atoms with Gasteiger partial charge in [-0.2, -0.15) is 0 Å². The number of sulfone groups is 1. The summed E-state index contributed by atoms with van der Waals surface area (Å²) in [4.78, 5) is 28.7. The monoisotopic (exact) mass is 525 g/mol. The second kappa shape index (κ2) is 11.3. The van der Waals surface area contributed by atoms with E-state index in [4.69, 9.17) is 11.1 Å². The third-order valence-electron chi connectivity index (χ3n) is 7.44. The van der Waals surface area contributed by atoms with E-state index in [0.717, 1.165) is 31.2 Å². The Labute approximate surface area is 218 Å². The molecule has 0 unspecified atom stereocenters. The third kappa shape index (κ3) is 5.95. The highest BCUT2D eigenvalue weighted by Crippen LogP contribution is 2.40. The third-order valence-corrected chi connectivity index (χ3v) is 9.23. The van der Waals surface area contributed by atoms with Crippen LogP contribution in [0.5, 0.6) is 0 Å². The van der Waals surface area contributed by atoms with Crippen LogP contribution in [0, 0.1) is 11.3 Å². The number of likely N-dealkylation sites (tertiary alicyclic amines) is 1. The van der Waals surface area contributed by atoms with Crippen LogP contribution in [-0.4, -0.2) is 55.3 Å². The lowest BCUT2D eigenvalue weighted by Crippen LogP contribution is -2.51. The number of amides is 2. The number of para-hydroxylation sites is 1. The van der Waals surface area contributed by atoms with Gasteiger partial charge in [0.25, 0.3) is 0 Å². The van der Waals surface area contributed by atoms with Crippen molar-refractivity contribution < 1.29 is 18.0 Å². The SMILES string of the molecule is CCS(=O)(=O)c1ccccc1NCC(=O)N1[C@H](C(=O)NCc2ccc(C(=N)N)cc2)C[C@H]2CCCC[C@@H]21. The van der Waals surface area contributed by atoms with Crippen LogP contribution in [0.15, 0.2) is 53.4 Å². The molecule has 1 saturated heterocycles. The average molecular weight is 526 g/mol. The van der Waals surface area contributed by atoms with Gasteiger partial charge in [0, 0.05) is 18.2 Å². The van der Waals surface area contributed by atoms with E-state index < -0.39 is 15.9 Å². The maximum Gasteiger partial charge on any atom is 0.243 e. The molecule has 5 N–H and O–H groups in total. The molecule has 1 heterocycles. The number of hydrogen-bond acceptors (Lipinski definition) is 6. The van der Waals surface area contributed by atoms with E-state index in [-0.39, 0.29) is 46.8 Å². The van der Waals surface area contributed by atoms with Crippen molar-refractivity contribution in [3.63, 3.8) is 0 Å². The lowest BCUT2D eigenvalue weighted by Gasteiger charge is -2.34. The van der Waals surface area contributed by atoms with Gasteiger partial charge in [0.05, 0.1) is 22.9 Å². The van der Waals surface area contributed by atoms with E-state index in [0.29, 0.717) is 24.2 Å². The van der Waals surface area contributed by atoms with Gasteiger partial charge < -0.3 is 21.3 Å². The molecule has 2 aromatic rings. The Bertz CT molecular complexity index is 1260. The molecular formula is C27H35N5O4S. The van der Waals surface area contributed by atoms with Crippen LogP contribution in [0.3, 0.4) is 0 Å². The van der Waals surface area contributed by atoms with Gasteiger partial charge in [-0.3, -0.25) is 15.0 Å². The first-order chi connectivity index (χ1) is 17.7. The number of carbonyl (C=O) groups is 2. The highest BCUT2D eigenvalue weighted by Gasteiger charge is 2.47. The fourth-order valence-corrected chi connectivity index (χ4v) is 6.54. The van der Waals surface area contributed by atoms with Gasteiger partial charge in [0.1, 0.15) is 11.9 Å². The second-order valence-electron chi connectivity index (χ2n) is 9.75. The topological polar surface area (TPSA) is 145 Å². The number of hydrogen-bond donors (Lipinski definition) is 4. The molecule has 1 saturated carbocycles. The molecule has 1 aliphatic carbocycles. The molecule has 198 valence electrons. The standard InChI is InChI=1S/C27H35N5O4S/c1-2-37(35,36)24-10-6-4-8-21(24)30-17-25(33)32-22-9-5-3-7-20(22)15-23(32)27(34)31-16-18-11-13-19(14-12-18)26(28)29/h4,6,8,10-14,20,22-23,30H,2-3,5,7,9,15-17H2,1H3,(H3,28,29)(H,31,34)/t20-,22+,23+/m1/s1. The largest absolute Gasteiger partial charge is 0.384 e. The Kier molecular flexibility index (Phi) is 8.16. The van der Waals surface area contributed by atoms with Crippen LogP contribution < -0.4 is 16.4 Å². The first kappa shape index (κ1) is 26.7. The first-order valence-electron chi connectivity index (χ1n) is 12.8. The second-order valence-corrected chi connectivity index (χ2v) is 12.0. The van der Waals surface area contributed by atoms with E-state index in [1.165, 1.54) is 6.07 Å². The molecule has 9 nitrogen and oxygen atoms in total. The minimum Gasteiger partial charge on any atom is -0.384 e. The van der Waals surface area contributed by atoms with E-state index in [1.54, 1.807) is 42.2 Å². The molecule has 2 fully saturated rings. The van der Waals surface area contributed by atoms with E-state index in [9.17, 15) is 18.0 Å². The number of carbonyl (C=O) groups excluding carboxylic acids is 2. The van der Waals surface area contributed by atoms with Crippen LogP contribution >= 0.6 is 0 Å². The number of amidine groups is 1. The Morgan fingerprint density at radius 1 is 1.08 bits per heavy atom. The van der Waals surface area contributed by atoms with Crippen molar-refractivity contribution in [3.05, 3.63) is 59.7 Å². The molecule has 0 radical (unpaired) electrons. The van der Waals surface area contributed by atoms with Gasteiger partial charge in [-0.15, -0.1) is 0 Å². The van der Waals surface area contributed by atoms with Gasteiger partial charge in [-0.05, 0) is 42.9 Å². The summed E-state index contributed by atoms with van der Waals surface area (Å²) < 4.78 is 25.0. The lowest BCUT2D eigenvalue weighted by atomic mass is 9.84. The molecule has 0 spiro atoms. The number of benzene rings is 2. The average Bonchev–Trinajstić information content (AvgIpc) is 3.30. The van der Waals surface area contributed by atoms with E-state index in [2.05, 4.69) is 10.6 Å². The summed E-state index contributed by atoms with van der Waals surface area (Å²) >= 11 is 0. The Morgan fingerprint density at radius 3 is 2.49 bits per heavy atom. The van der Waals surface area contributed by atoms with Crippen molar-refractivity contribution in [2.24, 2.45) is 11.7 Å². The van der Waals surface area contributed by atoms with Crippen LogP contribution in [-0.2, 0) is 26.0 Å². The Morgan fingerprint density at radius 2 is 1.78 bits per heavy atom. The van der Waals surface area contributed by atoms with Crippen molar-refractivity contribution in [1.29, 1.82) is 5.41 Å². The maximum absolute atomic E-state index is 13.5. The zero-order valence-corrected chi connectivity index (χ0v) is 21.9. The molecule has 2 aliphatic rings. The zero-order chi connectivity index (χ0) is 26.6. The predicted molar refractivity (Wildman–Crippen MR) is 143 cm³/mol. The summed E-state index contributed by atoms with van der Waals surface area (Å²) in [7, 11) is -3.45. The number of fused-ring (bicyclic) bond motifs is 1. The number of nitrogen functional groups attached to an aromatic ring is 1. The number of nitrogens with two attached hydrogens (primary N) is 1. The molecule has 0 bridgehead atoms. The fraction of sp³-hybridized carbons (Fsp3) is 0.444. The molecule has 37 heavy (non-hydrogen) atoms. The number of nitrogens with one attached hydrogen (secondary N) is 3. The zero-order valence-electron chi connectivity index (χ0n) is 21.1. The van der Waals surface area contributed by atoms with Gasteiger partial charge in [0.2, 0.25) is 11.8 Å². The van der Waals surface area contributed by atoms with Crippen molar-refractivity contribution in [2.75, 3.05) is 17.6 Å². The Balaban J connectivity index is 1.46. The summed E-state index contributed by atoms with van der Waals surface area (Å²) in [6.45, 7) is 1.81. The van der Waals surface area contributed by atoms with Crippen LogP contribution in [0.4, 0.5) is 5.69 Å². The molecule has 10 heteroatoms. The molecule has 4 rings (SSSR count). The lowest BCUT2D eigenvalue weighted by molar-refractivity contribution is -0.139. The smallest absolute Gasteiger partial charge is 0.243 e. The van der Waals surface area contributed by atoms with Gasteiger partial charge in [0.15, 0.2) is 9.84 Å². The highest BCUT2D eigenvalue weighted by atomic mass is 32.2. The summed E-state index contributed by atoms with van der Waals surface area (Å²) in [5.74, 6) is -0.149. The quantitative estimate of drug-likeness (QED) is 0.293. The van der Waals surface area contributed by atoms with Crippen LogP contribution in [0.2, 0.25) is 0 Å². The minimum absolute atomic E-state index is 0.0122. The molecule has 0 aromatic heterocycles. The van der Waals surface area contributed by atoms with E-state index >= 15 is 0 Å². The van der Waals surface area contributed by atoms with Crippen LogP contribution in [0.1, 0.15) is 50.2 Å². The van der Waals surface area contributed by atoms with Crippen molar-refractivity contribution >= 4 is 33.2 Å². The van der Waals surface area contributed by atoms with E-state index in [1.807, 2.05) is 12.1 Å². The maximum atomic E-state index is 13.5. The predicted octanol–water partition coefficient (Wildman–Crippen LogP) is 2.65. The molecule has 1 aliphatic heterocycles. The minimum atomic E-state index is -3.45. The van der Waals surface area contributed by atoms with Gasteiger partial charge in [-0.25, -0.2) is 8.42 Å². The molecule has 2 aromatic carbocycles. The summed E-state index contributed by atoms with van der Waals surface area (Å²) in [5, 5.41) is 13.5. The molecule has 3 atom stereocenters. The first-order valence-corrected chi connectivity index (χ1v) is 14.4. The summed E-state index contributed by atoms with van der Waals surface area (Å²) in [5.41, 5.74) is 7.40.